The van der Waals surface area contributed by atoms with E-state index in [9.17, 15) is 19.5 Å². The van der Waals surface area contributed by atoms with Crippen molar-refractivity contribution in [1.29, 1.82) is 0 Å². The van der Waals surface area contributed by atoms with Crippen LogP contribution in [-0.4, -0.2) is 43.9 Å². The van der Waals surface area contributed by atoms with Gasteiger partial charge in [0.1, 0.15) is 23.5 Å². The van der Waals surface area contributed by atoms with Crippen molar-refractivity contribution >= 4 is 22.9 Å². The number of rotatable bonds is 4. The average Bonchev–Trinajstić information content (AvgIpc) is 3.17. The van der Waals surface area contributed by atoms with Crippen molar-refractivity contribution in [2.24, 2.45) is 7.05 Å². The first-order valence-corrected chi connectivity index (χ1v) is 9.33. The van der Waals surface area contributed by atoms with Gasteiger partial charge >= 0.3 is 5.97 Å². The van der Waals surface area contributed by atoms with Crippen LogP contribution in [0.4, 0.5) is 0 Å². The highest BCUT2D eigenvalue weighted by molar-refractivity contribution is 6.02. The van der Waals surface area contributed by atoms with Crippen LogP contribution in [0.25, 0.3) is 11.0 Å². The molecule has 2 aromatic heterocycles. The van der Waals surface area contributed by atoms with Gasteiger partial charge in [0.05, 0.1) is 11.1 Å². The second-order valence-electron chi connectivity index (χ2n) is 8.00. The van der Waals surface area contributed by atoms with Gasteiger partial charge in [0.2, 0.25) is 0 Å². The Bertz CT molecular complexity index is 1060. The maximum Gasteiger partial charge on any atom is 0.325 e. The Kier molecular flexibility index (Phi) is 5.41. The molecule has 1 aliphatic rings. The van der Waals surface area contributed by atoms with Crippen LogP contribution in [0.2, 0.25) is 0 Å². The Morgan fingerprint density at radius 1 is 1.28 bits per heavy atom. The molecule has 9 heteroatoms. The maximum atomic E-state index is 12.6. The second kappa shape index (κ2) is 7.65. The fourth-order valence-corrected chi connectivity index (χ4v) is 3.20. The first kappa shape index (κ1) is 20.5. The first-order valence-electron chi connectivity index (χ1n) is 9.33. The van der Waals surface area contributed by atoms with Crippen molar-refractivity contribution < 1.29 is 19.4 Å². The van der Waals surface area contributed by atoms with Crippen LogP contribution in [0.3, 0.4) is 0 Å². The molecule has 0 saturated heterocycles. The Morgan fingerprint density at radius 3 is 2.55 bits per heavy atom. The highest BCUT2D eigenvalue weighted by atomic mass is 16.6. The Balaban J connectivity index is 1.93. The summed E-state index contributed by atoms with van der Waals surface area (Å²) in [7, 11) is 1.44. The molecule has 2 aromatic rings. The summed E-state index contributed by atoms with van der Waals surface area (Å²) < 4.78 is 6.28. The van der Waals surface area contributed by atoms with E-state index in [4.69, 9.17) is 4.74 Å². The number of carbonyl (C=O) groups is 2. The number of hydrogen-bond donors (Lipinski definition) is 2. The van der Waals surface area contributed by atoms with Gasteiger partial charge in [-0.1, -0.05) is 12.2 Å². The molecule has 1 aliphatic carbocycles. The van der Waals surface area contributed by atoms with Gasteiger partial charge in [0.15, 0.2) is 5.65 Å². The minimum atomic E-state index is -0.864. The van der Waals surface area contributed by atoms with Gasteiger partial charge < -0.3 is 15.2 Å². The van der Waals surface area contributed by atoms with Gasteiger partial charge in [-0.3, -0.25) is 19.0 Å². The zero-order valence-electron chi connectivity index (χ0n) is 16.9. The number of nitrogens with one attached hydrogen (secondary N) is 1. The molecule has 0 bridgehead atoms. The van der Waals surface area contributed by atoms with Crippen molar-refractivity contribution in [1.82, 2.24) is 20.1 Å². The van der Waals surface area contributed by atoms with Gasteiger partial charge in [-0.2, -0.15) is 5.10 Å². The topological polar surface area (TPSA) is 123 Å². The molecule has 2 heterocycles. The molecule has 2 N–H and O–H groups in total. The molecule has 0 radical (unpaired) electrons. The van der Waals surface area contributed by atoms with Gasteiger partial charge in [-0.05, 0) is 39.7 Å². The van der Waals surface area contributed by atoms with Gasteiger partial charge in [0.25, 0.3) is 11.5 Å². The molecule has 0 atom stereocenters. The highest BCUT2D eigenvalue weighted by Gasteiger charge is 2.25. The number of hydrogen-bond acceptors (Lipinski definition) is 7. The molecule has 1 amide bonds. The van der Waals surface area contributed by atoms with E-state index in [0.29, 0.717) is 5.69 Å². The Hall–Kier alpha value is -3.23. The van der Waals surface area contributed by atoms with Crippen molar-refractivity contribution in [3.63, 3.8) is 0 Å². The third-order valence-electron chi connectivity index (χ3n) is 4.59. The lowest BCUT2D eigenvalue weighted by atomic mass is 10.0. The highest BCUT2D eigenvalue weighted by Crippen LogP contribution is 2.31. The molecule has 0 aliphatic heterocycles. The summed E-state index contributed by atoms with van der Waals surface area (Å²) in [4.78, 5) is 37.0. The van der Waals surface area contributed by atoms with Crippen LogP contribution in [0.1, 0.15) is 55.6 Å². The lowest BCUT2D eigenvalue weighted by Crippen LogP contribution is -2.37. The molecule has 3 rings (SSSR count). The number of esters is 1. The number of carbonyl (C=O) groups excluding carboxylic acids is 2. The van der Waals surface area contributed by atoms with E-state index < -0.39 is 40.9 Å². The number of aryl methyl sites for hydroxylation is 1. The Morgan fingerprint density at radius 2 is 1.93 bits per heavy atom. The van der Waals surface area contributed by atoms with E-state index in [1.807, 2.05) is 12.2 Å². The number of pyridine rings is 1. The summed E-state index contributed by atoms with van der Waals surface area (Å²) in [6, 6.07) is 1.65. The number of fused-ring (bicyclic) bond motifs is 1. The predicted octanol–water partition coefficient (Wildman–Crippen LogP) is 1.54. The average molecular weight is 400 g/mol. The summed E-state index contributed by atoms with van der Waals surface area (Å²) in [5.41, 5.74) is -1.04. The summed E-state index contributed by atoms with van der Waals surface area (Å²) in [6.45, 7) is 4.69. The lowest BCUT2D eigenvalue weighted by molar-refractivity contribution is -0.153. The van der Waals surface area contributed by atoms with Crippen LogP contribution in [0.15, 0.2) is 23.0 Å². The Labute approximate surface area is 167 Å². The fourth-order valence-electron chi connectivity index (χ4n) is 3.20. The van der Waals surface area contributed by atoms with Crippen molar-refractivity contribution in [3.8, 4) is 5.75 Å². The maximum absolute atomic E-state index is 12.6. The van der Waals surface area contributed by atoms with E-state index in [2.05, 4.69) is 15.5 Å². The molecule has 0 saturated carbocycles. The lowest BCUT2D eigenvalue weighted by Gasteiger charge is -2.19. The summed E-state index contributed by atoms with van der Waals surface area (Å²) in [6.07, 6.45) is 5.73. The third-order valence-corrected chi connectivity index (χ3v) is 4.59. The summed E-state index contributed by atoms with van der Waals surface area (Å²) in [5, 5.41) is 21.5. The minimum Gasteiger partial charge on any atom is -0.506 e. The third kappa shape index (κ3) is 4.28. The van der Waals surface area contributed by atoms with E-state index in [1.165, 1.54) is 7.05 Å². The smallest absolute Gasteiger partial charge is 0.325 e. The van der Waals surface area contributed by atoms with Gasteiger partial charge in [-0.25, -0.2) is 0 Å². The van der Waals surface area contributed by atoms with Crippen LogP contribution in [-0.2, 0) is 16.6 Å². The normalized spacial score (nSPS) is 14.3. The number of nitrogens with zero attached hydrogens (tertiary/aromatic N) is 3. The van der Waals surface area contributed by atoms with Gasteiger partial charge in [0, 0.05) is 13.0 Å². The van der Waals surface area contributed by atoms with E-state index in [0.717, 1.165) is 17.4 Å². The quantitative estimate of drug-likeness (QED) is 0.589. The van der Waals surface area contributed by atoms with E-state index >= 15 is 0 Å². The van der Waals surface area contributed by atoms with Crippen LogP contribution >= 0.6 is 0 Å². The number of allylic oxidation sites excluding steroid dienone is 2. The zero-order chi connectivity index (χ0) is 21.3. The molecular weight excluding hydrogens is 376 g/mol. The second-order valence-corrected chi connectivity index (χ2v) is 8.00. The SMILES string of the molecule is Cn1c(=O)c(C(=O)NCC(=O)OC(C)(C)C)c(O)c2cc(C3CC=CC3)nnc21. The fraction of sp³-hybridized carbons (Fsp3) is 0.450. The standard InChI is InChI=1S/C20H24N4O5/c1-20(2,3)29-14(25)10-21-18(27)15-16(26)12-9-13(11-7-5-6-8-11)22-23-17(12)24(4)19(15)28/h5-6,9,11,26H,7-8,10H2,1-4H3,(H,21,27). The molecule has 0 unspecified atom stereocenters. The number of amides is 1. The van der Waals surface area contributed by atoms with Crippen molar-refractivity contribution in [2.45, 2.75) is 45.1 Å². The van der Waals surface area contributed by atoms with Gasteiger partial charge in [-0.15, -0.1) is 5.10 Å². The minimum absolute atomic E-state index is 0.146. The molecule has 29 heavy (non-hydrogen) atoms. The summed E-state index contributed by atoms with van der Waals surface area (Å²) >= 11 is 0. The molecule has 9 nitrogen and oxygen atoms in total. The number of aromatic nitrogens is 3. The molecule has 0 fully saturated rings. The van der Waals surface area contributed by atoms with Crippen LogP contribution < -0.4 is 10.9 Å². The van der Waals surface area contributed by atoms with E-state index in [-0.39, 0.29) is 17.0 Å². The predicted molar refractivity (Wildman–Crippen MR) is 106 cm³/mol. The molecule has 0 spiro atoms. The van der Waals surface area contributed by atoms with Crippen molar-refractivity contribution in [3.05, 3.63) is 39.8 Å². The first-order chi connectivity index (χ1) is 13.6. The number of aromatic hydroxyl groups is 1. The van der Waals surface area contributed by atoms with Crippen molar-refractivity contribution in [2.75, 3.05) is 6.54 Å². The number of ether oxygens (including phenoxy) is 1. The zero-order valence-corrected chi connectivity index (χ0v) is 16.9. The molecule has 154 valence electrons. The van der Waals surface area contributed by atoms with Crippen LogP contribution in [0, 0.1) is 0 Å². The van der Waals surface area contributed by atoms with E-state index in [1.54, 1.807) is 26.8 Å². The summed E-state index contributed by atoms with van der Waals surface area (Å²) in [5.74, 6) is -1.85. The monoisotopic (exact) mass is 400 g/mol. The largest absolute Gasteiger partial charge is 0.506 e. The molecular formula is C20H24N4O5. The van der Waals surface area contributed by atoms with Crippen LogP contribution in [0.5, 0.6) is 5.75 Å². The molecule has 0 aromatic carbocycles.